The molecule has 0 fully saturated rings. The van der Waals surface area contributed by atoms with Gasteiger partial charge >= 0.3 is 0 Å². The zero-order valence-corrected chi connectivity index (χ0v) is 95.4. The fourth-order valence-corrected chi connectivity index (χ4v) is 20.7. The first kappa shape index (κ1) is 114. The van der Waals surface area contributed by atoms with Crippen LogP contribution < -0.4 is 20.7 Å². The molecule has 8 aromatic carbocycles. The van der Waals surface area contributed by atoms with E-state index in [0.717, 1.165) is 103 Å². The Morgan fingerprint density at radius 3 is 0.752 bits per heavy atom. The molecule has 0 spiro atoms. The first-order valence-electron chi connectivity index (χ1n) is 45.1. The number of nitrogens with zero attached hydrogens (tertiary/aromatic N) is 8. The molecular weight excluding hydrogens is 2400 g/mol. The van der Waals surface area contributed by atoms with Gasteiger partial charge in [0.2, 0.25) is 0 Å². The van der Waals surface area contributed by atoms with Crippen LogP contribution in [0.15, 0.2) is 316 Å². The van der Waals surface area contributed by atoms with Crippen molar-refractivity contribution in [2.75, 3.05) is 0 Å². The van der Waals surface area contributed by atoms with Gasteiger partial charge in [-0.1, -0.05) is 250 Å². The Balaban J connectivity index is 0.000000270. The minimum absolute atomic E-state index is 0. The van der Waals surface area contributed by atoms with E-state index in [-0.39, 0.29) is 80.4 Å². The zero-order valence-electron chi connectivity index (χ0n) is 81.8. The first-order chi connectivity index (χ1) is 61.7. The second kappa shape index (κ2) is 56.7. The maximum atomic E-state index is 4.73. The Kier molecular flexibility index (Phi) is 48.6. The average molecular weight is 2530 g/mol. The molecule has 16 rings (SSSR count). The Morgan fingerprint density at radius 1 is 0.263 bits per heavy atom. The molecule has 8 nitrogen and oxygen atoms in total. The van der Waals surface area contributed by atoms with Gasteiger partial charge in [-0.2, -0.15) is 0 Å². The van der Waals surface area contributed by atoms with E-state index >= 15 is 0 Å². The van der Waals surface area contributed by atoms with Gasteiger partial charge < -0.3 is 39.9 Å². The average Bonchev–Trinajstić information content (AvgIpc) is 0.821. The number of aryl methyl sites for hydroxylation is 5. The SMILES string of the molecule is CCC(C)c1cc(-c2[c-]cc(C)cc2)ncc1[Si](C)(C)C.CCc1cc(-c2[c-]cc(C)cc2)ncc1[Si](C)(C)C.Cc1c[c-]c(-c2cc(C(C)C)c([Si](C)(C)C)cn2)cc1.Cc1c[c-]c(-c2cc(CC(C)C)c([Si](C)(C)C)cn2)cc1.[Ir].[Ir].[Ir].[Ir].[c-]1ccccc1-c1ccccn1.[c-]1ccccc1-c1ccccn1.[c-]1ccccc1-c1ccccn1.[c-]1ccccc1-c1ccccn1. The quantitative estimate of drug-likeness (QED) is 0.0618. The van der Waals surface area contributed by atoms with Crippen LogP contribution >= 0.6 is 0 Å². The molecule has 0 N–H and O–H groups in total. The van der Waals surface area contributed by atoms with Gasteiger partial charge in [0.05, 0.1) is 32.3 Å². The van der Waals surface area contributed by atoms with E-state index in [2.05, 4.69) is 326 Å². The minimum Gasteiger partial charge on any atom is -0.305 e. The molecule has 8 aromatic heterocycles. The van der Waals surface area contributed by atoms with Crippen LogP contribution in [-0.2, 0) is 93.3 Å². The molecule has 0 bridgehead atoms. The van der Waals surface area contributed by atoms with Crippen LogP contribution in [-0.4, -0.2) is 72.2 Å². The molecule has 0 aliphatic rings. The predicted molar refractivity (Wildman–Crippen MR) is 560 cm³/mol. The number of hydrogen-bond acceptors (Lipinski definition) is 8. The van der Waals surface area contributed by atoms with E-state index in [1.165, 1.54) is 71.7 Å². The molecule has 16 aromatic rings. The summed E-state index contributed by atoms with van der Waals surface area (Å²) >= 11 is 0. The van der Waals surface area contributed by atoms with Gasteiger partial charge in [0, 0.05) is 130 Å². The molecule has 16 heteroatoms. The molecule has 0 aliphatic carbocycles. The van der Waals surface area contributed by atoms with Crippen molar-refractivity contribution in [3.63, 3.8) is 0 Å². The second-order valence-electron chi connectivity index (χ2n) is 37.3. The van der Waals surface area contributed by atoms with E-state index in [0.29, 0.717) is 17.8 Å². The van der Waals surface area contributed by atoms with E-state index < -0.39 is 32.3 Å². The van der Waals surface area contributed by atoms with Gasteiger partial charge in [-0.05, 0) is 128 Å². The van der Waals surface area contributed by atoms with Crippen molar-refractivity contribution in [3.05, 3.63) is 410 Å². The number of benzene rings is 8. The van der Waals surface area contributed by atoms with Crippen molar-refractivity contribution in [1.29, 1.82) is 0 Å². The van der Waals surface area contributed by atoms with Crippen molar-refractivity contribution < 1.29 is 80.4 Å². The third-order valence-electron chi connectivity index (χ3n) is 21.4. The molecule has 8 heterocycles. The fourth-order valence-electron chi connectivity index (χ4n) is 14.1. The Bertz CT molecular complexity index is 5520. The van der Waals surface area contributed by atoms with Crippen LogP contribution in [0.5, 0.6) is 0 Å². The first-order valence-corrected chi connectivity index (χ1v) is 59.1. The van der Waals surface area contributed by atoms with Crippen LogP contribution in [0.2, 0.25) is 78.6 Å². The van der Waals surface area contributed by atoms with Gasteiger partial charge in [0.1, 0.15) is 0 Å². The van der Waals surface area contributed by atoms with Crippen LogP contribution in [0.3, 0.4) is 0 Å². The molecule has 0 saturated carbocycles. The number of rotatable bonds is 18. The van der Waals surface area contributed by atoms with Gasteiger partial charge in [-0.3, -0.25) is 0 Å². The molecular formula is C117H130Ir4N8Si4-8. The Labute approximate surface area is 856 Å². The molecule has 0 saturated heterocycles. The van der Waals surface area contributed by atoms with E-state index in [9.17, 15) is 0 Å². The summed E-state index contributed by atoms with van der Waals surface area (Å²) in [5, 5.41) is 5.94. The fraction of sp³-hybridized carbons (Fsp3) is 0.248. The normalized spacial score (nSPS) is 10.9. The van der Waals surface area contributed by atoms with Crippen molar-refractivity contribution in [2.24, 2.45) is 5.92 Å². The van der Waals surface area contributed by atoms with Gasteiger partial charge in [-0.25, -0.2) is 0 Å². The molecule has 0 amide bonds. The third-order valence-corrected chi connectivity index (χ3v) is 29.6. The number of aromatic nitrogens is 8. The summed E-state index contributed by atoms with van der Waals surface area (Å²) in [5.41, 5.74) is 27.4. The van der Waals surface area contributed by atoms with Crippen molar-refractivity contribution in [1.82, 2.24) is 39.9 Å². The zero-order chi connectivity index (χ0) is 93.1. The summed E-state index contributed by atoms with van der Waals surface area (Å²) in [7, 11) is -5.36. The van der Waals surface area contributed by atoms with Crippen LogP contribution in [0.1, 0.15) is 111 Å². The molecule has 4 radical (unpaired) electrons. The van der Waals surface area contributed by atoms with Gasteiger partial charge in [0.15, 0.2) is 0 Å². The molecule has 698 valence electrons. The monoisotopic (exact) mass is 2530 g/mol. The molecule has 1 atom stereocenters. The van der Waals surface area contributed by atoms with E-state index in [1.54, 1.807) is 24.8 Å². The number of pyridine rings is 8. The van der Waals surface area contributed by atoms with E-state index in [4.69, 9.17) is 15.0 Å². The molecule has 1 unspecified atom stereocenters. The summed E-state index contributed by atoms with van der Waals surface area (Å²) in [4.78, 5) is 35.7. The van der Waals surface area contributed by atoms with Gasteiger partial charge in [-0.15, -0.1) is 285 Å². The Morgan fingerprint density at radius 2 is 0.519 bits per heavy atom. The third kappa shape index (κ3) is 37.2. The molecule has 0 aliphatic heterocycles. The number of hydrogen-bond donors (Lipinski definition) is 0. The topological polar surface area (TPSA) is 103 Å². The largest absolute Gasteiger partial charge is 0.305 e. The smallest absolute Gasteiger partial charge is 0.0799 e. The molecule has 133 heavy (non-hydrogen) atoms. The van der Waals surface area contributed by atoms with E-state index in [1.807, 2.05) is 194 Å². The minimum atomic E-state index is -1.36. The summed E-state index contributed by atoms with van der Waals surface area (Å²) in [6.07, 6.45) is 18.9. The van der Waals surface area contributed by atoms with Crippen LogP contribution in [0.25, 0.3) is 90.1 Å². The van der Waals surface area contributed by atoms with Crippen LogP contribution in [0.4, 0.5) is 0 Å². The second-order valence-corrected chi connectivity index (χ2v) is 57.4. The van der Waals surface area contributed by atoms with Crippen LogP contribution in [0, 0.1) is 82.1 Å². The standard InChI is InChI=1S/2C19H26NSi.C18H24NSi.C17H22NSi.4C11H8N.4Ir/c1-14(2)11-17-12-18(16-9-7-15(3)8-10-16)20-13-19(17)21(4,5)6;1-7-15(3)17-12-18(16-10-8-14(2)9-11-16)20-13-19(17)21(4,5)6;1-13(2)16-11-17(15-9-7-14(3)8-10-15)19-12-18(16)20(4,5)6;1-6-14-11-16(15-9-7-13(2)8-10-15)18-12-17(14)19(3,4)5;4*1-2-6-10(7-3-1)11-8-4-5-9-12-11;;;;/h7-9,12-14H,11H2,1-6H3;8-10,12-13,15H,7H2,1-6H3;7-9,11-13H,1-6H3;7-9,11-12H,6H2,1-5H3;4*1-6,8-9H;;;;/q8*-1;;;;. The van der Waals surface area contributed by atoms with Crippen molar-refractivity contribution >= 4 is 53.0 Å². The Hall–Kier alpha value is -9.58. The summed E-state index contributed by atoms with van der Waals surface area (Å²) in [6.45, 7) is 52.9. The summed E-state index contributed by atoms with van der Waals surface area (Å²) < 4.78 is 0. The maximum absolute atomic E-state index is 4.73. The maximum Gasteiger partial charge on any atom is 0.0799 e. The summed E-state index contributed by atoms with van der Waals surface area (Å²) in [6, 6.07) is 115. The van der Waals surface area contributed by atoms with Crippen molar-refractivity contribution in [2.45, 2.75) is 186 Å². The summed E-state index contributed by atoms with van der Waals surface area (Å²) in [5.74, 6) is 1.78. The van der Waals surface area contributed by atoms with Crippen molar-refractivity contribution in [3.8, 4) is 90.1 Å². The predicted octanol–water partition coefficient (Wildman–Crippen LogP) is 28.2. The van der Waals surface area contributed by atoms with Gasteiger partial charge in [0.25, 0.3) is 0 Å².